The third-order valence-electron chi connectivity index (χ3n) is 3.92. The maximum atomic E-state index is 14.0. The first-order valence-electron chi connectivity index (χ1n) is 7.04. The standard InChI is InChI=1S/C17H8Cl2F6O2/c18-13-5-9(7-26)1-3-11(13)15(16(20,21)22,17(23,24)25)12-4-2-10(8-27)6-14(12)19/h1-8H. The van der Waals surface area contributed by atoms with Crippen molar-refractivity contribution in [1.82, 2.24) is 0 Å². The predicted octanol–water partition coefficient (Wildman–Crippen LogP) is 6.03. The number of aldehydes is 2. The third-order valence-corrected chi connectivity index (χ3v) is 4.54. The molecule has 0 fully saturated rings. The van der Waals surface area contributed by atoms with Crippen molar-refractivity contribution >= 4 is 35.8 Å². The molecule has 10 heteroatoms. The molecule has 27 heavy (non-hydrogen) atoms. The highest BCUT2D eigenvalue weighted by Crippen LogP contribution is 2.58. The van der Waals surface area contributed by atoms with E-state index in [4.69, 9.17) is 23.2 Å². The lowest BCUT2D eigenvalue weighted by molar-refractivity contribution is -0.288. The van der Waals surface area contributed by atoms with Crippen LogP contribution in [-0.2, 0) is 5.41 Å². The molecule has 0 bridgehead atoms. The SMILES string of the molecule is O=Cc1ccc(C(c2ccc(C=O)cc2Cl)(C(F)(F)F)C(F)(F)F)c(Cl)c1. The van der Waals surface area contributed by atoms with Gasteiger partial charge in [0.05, 0.1) is 0 Å². The van der Waals surface area contributed by atoms with Gasteiger partial charge in [0.15, 0.2) is 0 Å². The quantitative estimate of drug-likeness (QED) is 0.440. The summed E-state index contributed by atoms with van der Waals surface area (Å²) >= 11 is 11.4. The van der Waals surface area contributed by atoms with Crippen LogP contribution in [0.4, 0.5) is 26.3 Å². The molecule has 144 valence electrons. The lowest BCUT2D eigenvalue weighted by Crippen LogP contribution is -2.55. The number of hydrogen-bond acceptors (Lipinski definition) is 2. The predicted molar refractivity (Wildman–Crippen MR) is 86.6 cm³/mol. The van der Waals surface area contributed by atoms with Crippen molar-refractivity contribution in [1.29, 1.82) is 0 Å². The molecule has 2 aromatic rings. The second-order valence-corrected chi connectivity index (χ2v) is 6.27. The van der Waals surface area contributed by atoms with Crippen molar-refractivity contribution < 1.29 is 35.9 Å². The molecule has 0 radical (unpaired) electrons. The van der Waals surface area contributed by atoms with Gasteiger partial charge in [-0.1, -0.05) is 47.5 Å². The molecule has 0 aliphatic rings. The summed E-state index contributed by atoms with van der Waals surface area (Å²) in [5, 5.41) is -1.82. The van der Waals surface area contributed by atoms with Gasteiger partial charge in [0.25, 0.3) is 0 Å². The van der Waals surface area contributed by atoms with Gasteiger partial charge in [-0.05, 0) is 23.3 Å². The highest BCUT2D eigenvalue weighted by Gasteiger charge is 2.73. The molecule has 2 rings (SSSR count). The zero-order chi connectivity index (χ0) is 20.6. The molecular weight excluding hydrogens is 421 g/mol. The fraction of sp³-hybridized carbons (Fsp3) is 0.176. The van der Waals surface area contributed by atoms with E-state index in [9.17, 15) is 35.9 Å². The molecule has 0 spiro atoms. The van der Waals surface area contributed by atoms with E-state index >= 15 is 0 Å². The topological polar surface area (TPSA) is 34.1 Å². The second-order valence-electron chi connectivity index (χ2n) is 5.46. The number of halogens is 8. The Kier molecular flexibility index (Phi) is 5.64. The van der Waals surface area contributed by atoms with Crippen molar-refractivity contribution in [2.24, 2.45) is 0 Å². The van der Waals surface area contributed by atoms with Gasteiger partial charge >= 0.3 is 12.4 Å². The Labute approximate surface area is 158 Å². The summed E-state index contributed by atoms with van der Waals surface area (Å²) in [5.41, 5.74) is -7.66. The highest BCUT2D eigenvalue weighted by atomic mass is 35.5. The molecule has 0 saturated heterocycles. The highest BCUT2D eigenvalue weighted by molar-refractivity contribution is 6.33. The van der Waals surface area contributed by atoms with Crippen LogP contribution in [0.15, 0.2) is 36.4 Å². The lowest BCUT2D eigenvalue weighted by atomic mass is 9.72. The number of rotatable bonds is 4. The number of hydrogen-bond donors (Lipinski definition) is 0. The Balaban J connectivity index is 3.01. The molecule has 0 aromatic heterocycles. The fourth-order valence-corrected chi connectivity index (χ4v) is 3.40. The van der Waals surface area contributed by atoms with Crippen molar-refractivity contribution in [3.05, 3.63) is 68.7 Å². The lowest BCUT2D eigenvalue weighted by Gasteiger charge is -2.39. The summed E-state index contributed by atoms with van der Waals surface area (Å²) in [6.07, 6.45) is -11.3. The van der Waals surface area contributed by atoms with Gasteiger partial charge in [-0.15, -0.1) is 0 Å². The van der Waals surface area contributed by atoms with Crippen LogP contribution in [0.2, 0.25) is 10.0 Å². The van der Waals surface area contributed by atoms with Crippen molar-refractivity contribution in [2.45, 2.75) is 17.8 Å². The fourth-order valence-electron chi connectivity index (χ4n) is 2.73. The number of benzene rings is 2. The monoisotopic (exact) mass is 428 g/mol. The minimum Gasteiger partial charge on any atom is -0.298 e. The summed E-state index contributed by atoms with van der Waals surface area (Å²) in [6.45, 7) is 0. The van der Waals surface area contributed by atoms with Crippen LogP contribution in [0.25, 0.3) is 0 Å². The second kappa shape index (κ2) is 7.16. The first-order chi connectivity index (χ1) is 12.4. The molecule has 0 atom stereocenters. The van der Waals surface area contributed by atoms with E-state index in [0.717, 1.165) is 12.1 Å². The van der Waals surface area contributed by atoms with Gasteiger partial charge in [-0.3, -0.25) is 9.59 Å². The zero-order valence-electron chi connectivity index (χ0n) is 13.0. The Morgan fingerprint density at radius 3 is 1.22 bits per heavy atom. The van der Waals surface area contributed by atoms with E-state index in [1.54, 1.807) is 0 Å². The van der Waals surface area contributed by atoms with Gasteiger partial charge in [-0.25, -0.2) is 0 Å². The maximum absolute atomic E-state index is 14.0. The van der Waals surface area contributed by atoms with Crippen LogP contribution >= 0.6 is 23.2 Å². The summed E-state index contributed by atoms with van der Waals surface area (Å²) in [4.78, 5) is 21.5. The third kappa shape index (κ3) is 3.43. The molecule has 0 unspecified atom stereocenters. The van der Waals surface area contributed by atoms with E-state index in [1.165, 1.54) is 0 Å². The molecule has 0 aliphatic heterocycles. The van der Waals surface area contributed by atoms with E-state index in [-0.39, 0.29) is 23.7 Å². The molecule has 2 aromatic carbocycles. The number of carbonyl (C=O) groups is 2. The first-order valence-corrected chi connectivity index (χ1v) is 7.79. The largest absolute Gasteiger partial charge is 0.411 e. The average Bonchev–Trinajstić information content (AvgIpc) is 2.55. The van der Waals surface area contributed by atoms with Gasteiger partial charge in [0.1, 0.15) is 12.6 Å². The number of alkyl halides is 6. The van der Waals surface area contributed by atoms with Crippen LogP contribution < -0.4 is 0 Å². The molecule has 0 saturated carbocycles. The molecule has 0 heterocycles. The molecule has 2 nitrogen and oxygen atoms in total. The number of carbonyl (C=O) groups excluding carboxylic acids is 2. The Bertz CT molecular complexity index is 816. The normalized spacial score (nSPS) is 12.7. The molecule has 0 amide bonds. The molecular formula is C17H8Cl2F6O2. The summed E-state index contributed by atoms with van der Waals surface area (Å²) in [6, 6.07) is 3.93. The Morgan fingerprint density at radius 1 is 0.667 bits per heavy atom. The average molecular weight is 429 g/mol. The van der Waals surface area contributed by atoms with Crippen LogP contribution in [-0.4, -0.2) is 24.9 Å². The van der Waals surface area contributed by atoms with Crippen LogP contribution in [0.5, 0.6) is 0 Å². The zero-order valence-corrected chi connectivity index (χ0v) is 14.5. The Hall–Kier alpha value is -2.06. The molecule has 0 aliphatic carbocycles. The maximum Gasteiger partial charge on any atom is 0.411 e. The van der Waals surface area contributed by atoms with Crippen molar-refractivity contribution in [3.63, 3.8) is 0 Å². The van der Waals surface area contributed by atoms with Gasteiger partial charge < -0.3 is 0 Å². The van der Waals surface area contributed by atoms with Crippen LogP contribution in [0.3, 0.4) is 0 Å². The summed E-state index contributed by atoms with van der Waals surface area (Å²) in [5.74, 6) is 0. The van der Waals surface area contributed by atoms with E-state index < -0.39 is 38.9 Å². The van der Waals surface area contributed by atoms with Gasteiger partial charge in [0, 0.05) is 21.2 Å². The van der Waals surface area contributed by atoms with Crippen LogP contribution in [0, 0.1) is 0 Å². The molecule has 0 N–H and O–H groups in total. The summed E-state index contributed by atoms with van der Waals surface area (Å²) < 4.78 is 83.9. The minimum atomic E-state index is -5.90. The van der Waals surface area contributed by atoms with E-state index in [2.05, 4.69) is 0 Å². The van der Waals surface area contributed by atoms with E-state index in [0.29, 0.717) is 24.3 Å². The Morgan fingerprint density at radius 2 is 1.00 bits per heavy atom. The van der Waals surface area contributed by atoms with Crippen molar-refractivity contribution in [3.8, 4) is 0 Å². The van der Waals surface area contributed by atoms with Crippen molar-refractivity contribution in [2.75, 3.05) is 0 Å². The van der Waals surface area contributed by atoms with Gasteiger partial charge in [0.2, 0.25) is 5.41 Å². The van der Waals surface area contributed by atoms with Crippen LogP contribution in [0.1, 0.15) is 31.8 Å². The summed E-state index contributed by atoms with van der Waals surface area (Å²) in [7, 11) is 0. The smallest absolute Gasteiger partial charge is 0.298 e. The first kappa shape index (κ1) is 21.2. The van der Waals surface area contributed by atoms with E-state index in [1.807, 2.05) is 0 Å². The minimum absolute atomic E-state index is 0.204. The van der Waals surface area contributed by atoms with Gasteiger partial charge in [-0.2, -0.15) is 26.3 Å².